The van der Waals surface area contributed by atoms with Gasteiger partial charge in [-0.15, -0.1) is 0 Å². The Morgan fingerprint density at radius 1 is 1.20 bits per heavy atom. The van der Waals surface area contributed by atoms with E-state index >= 15 is 0 Å². The van der Waals surface area contributed by atoms with E-state index in [0.29, 0.717) is 0 Å². The van der Waals surface area contributed by atoms with Crippen LogP contribution in [0, 0.1) is 0 Å². The van der Waals surface area contributed by atoms with Crippen molar-refractivity contribution in [2.45, 2.75) is 0 Å². The van der Waals surface area contributed by atoms with E-state index in [2.05, 4.69) is 0 Å². The van der Waals surface area contributed by atoms with E-state index in [1.54, 1.807) is 0 Å². The fourth-order valence-electron chi connectivity index (χ4n) is 0. The molecule has 0 aromatic carbocycles. The second kappa shape index (κ2) is 16.3. The number of rotatable bonds is 0. The van der Waals surface area contributed by atoms with E-state index in [1.807, 2.05) is 0 Å². The Morgan fingerprint density at radius 3 is 1.20 bits per heavy atom. The van der Waals surface area contributed by atoms with Crippen LogP contribution in [0.4, 0.5) is 5.91 Å². The SMILES string of the molecule is [F][Mg][F].[LiH].[NaH]. The molecular formula is H2F2LiMgNa. The number of hydrogen-bond acceptors (Lipinski definition) is 0. The van der Waals surface area contributed by atoms with Crippen molar-refractivity contribution in [2.75, 3.05) is 0 Å². The predicted octanol–water partition coefficient (Wildman–Crippen LogP) is -0.837. The van der Waals surface area contributed by atoms with E-state index in [1.165, 1.54) is 0 Å². The second-order valence-corrected chi connectivity index (χ2v) is 0.303. The van der Waals surface area contributed by atoms with Crippen LogP contribution in [-0.4, -0.2) is 69.9 Å². The fourth-order valence-corrected chi connectivity index (χ4v) is 0. The molecule has 0 spiro atoms. The second-order valence-electron chi connectivity index (χ2n) is 0.101. The summed E-state index contributed by atoms with van der Waals surface area (Å²) in [6.07, 6.45) is 0. The maximum atomic E-state index is 9.76. The summed E-state index contributed by atoms with van der Waals surface area (Å²) < 4.78 is 19.5. The first-order chi connectivity index (χ1) is 1.41. The van der Waals surface area contributed by atoms with Gasteiger partial charge in [0.25, 0.3) is 0 Å². The van der Waals surface area contributed by atoms with Crippen LogP contribution in [0.5, 0.6) is 0 Å². The third-order valence-corrected chi connectivity index (χ3v) is 0. The molecule has 0 bridgehead atoms. The molecule has 0 aromatic heterocycles. The summed E-state index contributed by atoms with van der Waals surface area (Å²) >= 11 is -2.58. The van der Waals surface area contributed by atoms with Crippen LogP contribution in [0.3, 0.4) is 0 Å². The monoisotopic (exact) mass is 94.0 g/mol. The van der Waals surface area contributed by atoms with Gasteiger partial charge in [0.2, 0.25) is 0 Å². The van der Waals surface area contributed by atoms with Gasteiger partial charge in [0.1, 0.15) is 0 Å². The molecule has 0 radical (unpaired) electrons. The van der Waals surface area contributed by atoms with E-state index < -0.39 is 21.5 Å². The summed E-state index contributed by atoms with van der Waals surface area (Å²) in [5.74, 6) is 0. The van der Waals surface area contributed by atoms with Crippen LogP contribution in [0.1, 0.15) is 0 Å². The minimum absolute atomic E-state index is 0. The molecule has 0 nitrogen and oxygen atoms in total. The first-order valence-electron chi connectivity index (χ1n) is 0.535. The first-order valence-corrected chi connectivity index (χ1v) is 1.60. The van der Waals surface area contributed by atoms with E-state index in [9.17, 15) is 5.91 Å². The first kappa shape index (κ1) is 15.7. The predicted molar refractivity (Wildman–Crippen MR) is 22.3 cm³/mol. The zero-order chi connectivity index (χ0) is 2.71. The topological polar surface area (TPSA) is 0 Å². The standard InChI is InChI=1S/2FH.Li.Mg.Na.2H/h2*1H;;;;;/q;;;+2;;;/p-2. The van der Waals surface area contributed by atoms with Gasteiger partial charge in [-0.3, -0.25) is 0 Å². The van der Waals surface area contributed by atoms with Crippen LogP contribution in [0.25, 0.3) is 0 Å². The molecule has 5 heavy (non-hydrogen) atoms. The van der Waals surface area contributed by atoms with Crippen molar-refractivity contribution in [3.8, 4) is 0 Å². The fraction of sp³-hybridized carbons (Fsp3) is 0. The Kier molecular flexibility index (Phi) is 51.3. The molecule has 0 aliphatic rings. The van der Waals surface area contributed by atoms with Gasteiger partial charge < -0.3 is 5.91 Å². The Bertz CT molecular complexity index is 9.61. The van der Waals surface area contributed by atoms with Gasteiger partial charge in [0.15, 0.2) is 0 Å². The molecule has 20 valence electrons. The summed E-state index contributed by atoms with van der Waals surface area (Å²) in [6, 6.07) is 0. The molecule has 0 aromatic rings. The third-order valence-electron chi connectivity index (χ3n) is 0. The normalized spacial score (nSPS) is 2.00. The molecule has 0 atom stereocenters. The molecule has 0 saturated carbocycles. The summed E-state index contributed by atoms with van der Waals surface area (Å²) in [5.41, 5.74) is 0. The van der Waals surface area contributed by atoms with Crippen molar-refractivity contribution < 1.29 is 5.91 Å². The zero-order valence-corrected chi connectivity index (χ0v) is 2.88. The van der Waals surface area contributed by atoms with Gasteiger partial charge in [-0.05, 0) is 0 Å². The maximum absolute atomic E-state index is 9.76. The Hall–Kier alpha value is 2.22. The molecule has 0 saturated heterocycles. The van der Waals surface area contributed by atoms with Crippen LogP contribution < -0.4 is 0 Å². The Balaban J connectivity index is -0.0000000200. The summed E-state index contributed by atoms with van der Waals surface area (Å²) in [4.78, 5) is 0. The average molecular weight is 94.2 g/mol. The number of halogens is 2. The third kappa shape index (κ3) is 22.5. The van der Waals surface area contributed by atoms with Crippen molar-refractivity contribution in [1.29, 1.82) is 0 Å². The minimum atomic E-state index is -2.58. The van der Waals surface area contributed by atoms with Crippen LogP contribution in [0.15, 0.2) is 0 Å². The van der Waals surface area contributed by atoms with Gasteiger partial charge >= 0.3 is 69.9 Å². The van der Waals surface area contributed by atoms with Crippen molar-refractivity contribution in [3.63, 3.8) is 0 Å². The van der Waals surface area contributed by atoms with Crippen molar-refractivity contribution in [2.24, 2.45) is 0 Å². The van der Waals surface area contributed by atoms with Crippen molar-refractivity contribution in [1.82, 2.24) is 0 Å². The molecule has 0 amide bonds. The van der Waals surface area contributed by atoms with E-state index in [0.717, 1.165) is 0 Å². The Morgan fingerprint density at radius 2 is 1.20 bits per heavy atom. The summed E-state index contributed by atoms with van der Waals surface area (Å²) in [7, 11) is 0. The van der Waals surface area contributed by atoms with Gasteiger partial charge in [-0.1, -0.05) is 0 Å². The molecule has 0 unspecified atom stereocenters. The molecule has 0 aliphatic heterocycles. The molecule has 0 rings (SSSR count). The molecule has 0 aliphatic carbocycles. The van der Waals surface area contributed by atoms with Crippen LogP contribution in [-0.2, 0) is 0 Å². The summed E-state index contributed by atoms with van der Waals surface area (Å²) in [6.45, 7) is 0. The van der Waals surface area contributed by atoms with Crippen LogP contribution in [0.2, 0.25) is 0 Å². The molecule has 0 fully saturated rings. The van der Waals surface area contributed by atoms with Gasteiger partial charge in [0.05, 0.1) is 0 Å². The van der Waals surface area contributed by atoms with Gasteiger partial charge in [-0.2, -0.15) is 0 Å². The molecular weight excluding hydrogens is 92.2 g/mol. The molecule has 0 N–H and O–H groups in total. The van der Waals surface area contributed by atoms with E-state index in [4.69, 9.17) is 0 Å². The van der Waals surface area contributed by atoms with Crippen molar-refractivity contribution >= 4 is 69.9 Å². The molecule has 0 heterocycles. The number of hydrogen-bond donors (Lipinski definition) is 0. The average Bonchev–Trinajstić information content (AvgIpc) is 0.918. The quantitative estimate of drug-likeness (QED) is 0.343. The summed E-state index contributed by atoms with van der Waals surface area (Å²) in [5, 5.41) is 0. The Labute approximate surface area is 74.7 Å². The van der Waals surface area contributed by atoms with Gasteiger partial charge in [0, 0.05) is 0 Å². The van der Waals surface area contributed by atoms with E-state index in [-0.39, 0.29) is 48.4 Å². The van der Waals surface area contributed by atoms with Crippen LogP contribution >= 0.6 is 0 Å². The molecule has 5 heteroatoms. The van der Waals surface area contributed by atoms with Gasteiger partial charge in [-0.25, -0.2) is 0 Å². The van der Waals surface area contributed by atoms with Crippen molar-refractivity contribution in [3.05, 3.63) is 0 Å². The zero-order valence-electron chi connectivity index (χ0n) is 1.46.